The van der Waals surface area contributed by atoms with E-state index in [2.05, 4.69) is 16.2 Å². The number of rotatable bonds is 4. The summed E-state index contributed by atoms with van der Waals surface area (Å²) in [5.74, 6) is -1.23. The molecule has 0 aliphatic rings. The highest BCUT2D eigenvalue weighted by molar-refractivity contribution is 7.80. The minimum Gasteiger partial charge on any atom is -0.408 e. The Morgan fingerprint density at radius 2 is 1.85 bits per heavy atom. The van der Waals surface area contributed by atoms with Gasteiger partial charge in [0.05, 0.1) is 5.52 Å². The first kappa shape index (κ1) is 17.6. The lowest BCUT2D eigenvalue weighted by atomic mass is 10.3. The number of fused-ring (bicyclic) bond motifs is 1. The smallest absolute Gasteiger partial charge is 0.408 e. The monoisotopic (exact) mass is 374 g/mol. The van der Waals surface area contributed by atoms with Crippen LogP contribution in [0.5, 0.6) is 0 Å². The number of amides is 1. The number of benzene rings is 2. The second kappa shape index (κ2) is 7.79. The van der Waals surface area contributed by atoms with Gasteiger partial charge in [0.25, 0.3) is 0 Å². The third kappa shape index (κ3) is 4.25. The number of hydrogen-bond acceptors (Lipinski definition) is 4. The van der Waals surface area contributed by atoms with E-state index >= 15 is 0 Å². The molecule has 3 rings (SSSR count). The van der Waals surface area contributed by atoms with Crippen LogP contribution < -0.4 is 21.9 Å². The Morgan fingerprint density at radius 3 is 2.62 bits per heavy atom. The molecule has 0 saturated carbocycles. The van der Waals surface area contributed by atoms with Crippen LogP contribution in [0.3, 0.4) is 0 Å². The lowest BCUT2D eigenvalue weighted by molar-refractivity contribution is -0.121. The van der Waals surface area contributed by atoms with Crippen molar-refractivity contribution < 1.29 is 13.6 Å². The number of aryl methyl sites for hydroxylation is 1. The maximum Gasteiger partial charge on any atom is 0.419 e. The summed E-state index contributed by atoms with van der Waals surface area (Å²) in [6.45, 7) is 0.168. The molecule has 0 bridgehead atoms. The predicted octanol–water partition coefficient (Wildman–Crippen LogP) is 2.14. The molecule has 1 heterocycles. The molecule has 0 aliphatic heterocycles. The molecular formula is C17H15FN4O3S. The summed E-state index contributed by atoms with van der Waals surface area (Å²) in [6, 6.07) is 12.6. The van der Waals surface area contributed by atoms with Crippen molar-refractivity contribution in [1.82, 2.24) is 15.4 Å². The van der Waals surface area contributed by atoms with E-state index in [0.29, 0.717) is 16.8 Å². The predicted molar refractivity (Wildman–Crippen MR) is 99.0 cm³/mol. The summed E-state index contributed by atoms with van der Waals surface area (Å²) in [7, 11) is 0. The topological polar surface area (TPSA) is 88.3 Å². The fourth-order valence-electron chi connectivity index (χ4n) is 2.32. The van der Waals surface area contributed by atoms with Gasteiger partial charge in [0.2, 0.25) is 5.91 Å². The number of hydrazine groups is 1. The largest absolute Gasteiger partial charge is 0.419 e. The minimum atomic E-state index is -0.513. The highest BCUT2D eigenvalue weighted by Crippen LogP contribution is 2.12. The molecule has 0 atom stereocenters. The third-order valence-corrected chi connectivity index (χ3v) is 3.76. The molecule has 7 nitrogen and oxygen atoms in total. The number of nitrogens with one attached hydrogen (secondary N) is 3. The van der Waals surface area contributed by atoms with Crippen LogP contribution in [0.25, 0.3) is 11.1 Å². The summed E-state index contributed by atoms with van der Waals surface area (Å²) in [5.41, 5.74) is 6.66. The Morgan fingerprint density at radius 1 is 1.12 bits per heavy atom. The van der Waals surface area contributed by atoms with E-state index in [1.807, 2.05) is 0 Å². The van der Waals surface area contributed by atoms with Crippen LogP contribution in [0.4, 0.5) is 10.1 Å². The lowest BCUT2D eigenvalue weighted by Gasteiger charge is -2.11. The Hall–Kier alpha value is -3.20. The fourth-order valence-corrected chi connectivity index (χ4v) is 2.49. The molecule has 3 aromatic rings. The highest BCUT2D eigenvalue weighted by Gasteiger charge is 2.10. The number of anilines is 1. The van der Waals surface area contributed by atoms with E-state index in [0.717, 1.165) is 0 Å². The van der Waals surface area contributed by atoms with Crippen molar-refractivity contribution in [2.45, 2.75) is 13.0 Å². The maximum atomic E-state index is 12.8. The zero-order chi connectivity index (χ0) is 18.5. The number of carbonyl (C=O) groups is 1. The summed E-state index contributed by atoms with van der Waals surface area (Å²) < 4.78 is 19.3. The molecule has 0 unspecified atom stereocenters. The van der Waals surface area contributed by atoms with E-state index in [9.17, 15) is 14.0 Å². The lowest BCUT2D eigenvalue weighted by Crippen LogP contribution is -2.44. The molecule has 0 radical (unpaired) electrons. The van der Waals surface area contributed by atoms with Crippen LogP contribution in [-0.4, -0.2) is 15.6 Å². The van der Waals surface area contributed by atoms with Crippen molar-refractivity contribution in [2.24, 2.45) is 0 Å². The first-order valence-corrected chi connectivity index (χ1v) is 8.13. The van der Waals surface area contributed by atoms with Gasteiger partial charge in [-0.05, 0) is 48.6 Å². The van der Waals surface area contributed by atoms with Gasteiger partial charge < -0.3 is 9.73 Å². The number of hydrogen-bond donors (Lipinski definition) is 3. The van der Waals surface area contributed by atoms with E-state index in [1.54, 1.807) is 24.3 Å². The first-order valence-electron chi connectivity index (χ1n) is 7.73. The normalized spacial score (nSPS) is 10.5. The zero-order valence-electron chi connectivity index (χ0n) is 13.5. The number of halogens is 1. The van der Waals surface area contributed by atoms with Crippen molar-refractivity contribution >= 4 is 40.0 Å². The zero-order valence-corrected chi connectivity index (χ0v) is 14.3. The molecule has 1 amide bonds. The molecule has 0 saturated heterocycles. The van der Waals surface area contributed by atoms with Gasteiger partial charge >= 0.3 is 5.76 Å². The summed E-state index contributed by atoms with van der Waals surface area (Å²) >= 11 is 5.03. The summed E-state index contributed by atoms with van der Waals surface area (Å²) in [6.07, 6.45) is 0.0512. The molecule has 0 aliphatic carbocycles. The fraction of sp³-hybridized carbons (Fsp3) is 0.118. The van der Waals surface area contributed by atoms with Crippen LogP contribution in [-0.2, 0) is 11.3 Å². The van der Waals surface area contributed by atoms with Gasteiger partial charge in [0.15, 0.2) is 10.7 Å². The van der Waals surface area contributed by atoms with Gasteiger partial charge in [-0.1, -0.05) is 12.1 Å². The van der Waals surface area contributed by atoms with E-state index in [4.69, 9.17) is 16.6 Å². The number of nitrogens with zero attached hydrogens (tertiary/aromatic N) is 1. The van der Waals surface area contributed by atoms with Gasteiger partial charge in [-0.2, -0.15) is 0 Å². The van der Waals surface area contributed by atoms with Gasteiger partial charge in [-0.25, -0.2) is 9.18 Å². The van der Waals surface area contributed by atoms with Crippen LogP contribution >= 0.6 is 12.2 Å². The van der Waals surface area contributed by atoms with E-state index in [-0.39, 0.29) is 29.8 Å². The molecule has 0 spiro atoms. The van der Waals surface area contributed by atoms with Crippen molar-refractivity contribution in [1.29, 1.82) is 0 Å². The standard InChI is InChI=1S/C17H15FN4O3S/c18-11-5-7-12(8-6-11)19-16(26)21-20-15(23)9-10-22-13-3-1-2-4-14(13)25-17(22)24/h1-8H,9-10H2,(H,20,23)(H2,19,21,26). The SMILES string of the molecule is O=C(CCn1c(=O)oc2ccccc21)NNC(=S)Nc1ccc(F)cc1. The number of para-hydroxylation sites is 2. The summed E-state index contributed by atoms with van der Waals surface area (Å²) in [5, 5.41) is 2.95. The van der Waals surface area contributed by atoms with Gasteiger partial charge in [-0.3, -0.25) is 20.2 Å². The van der Waals surface area contributed by atoms with E-state index < -0.39 is 5.76 Å². The quantitative estimate of drug-likeness (QED) is 0.479. The Bertz CT molecular complexity index is 997. The molecule has 9 heteroatoms. The van der Waals surface area contributed by atoms with Crippen LogP contribution in [0.15, 0.2) is 57.7 Å². The van der Waals surface area contributed by atoms with Crippen molar-refractivity contribution in [3.63, 3.8) is 0 Å². The maximum absolute atomic E-state index is 12.8. The molecule has 26 heavy (non-hydrogen) atoms. The number of aromatic nitrogens is 1. The molecular weight excluding hydrogens is 359 g/mol. The van der Waals surface area contributed by atoms with E-state index in [1.165, 1.54) is 28.8 Å². The third-order valence-electron chi connectivity index (χ3n) is 3.55. The summed E-state index contributed by atoms with van der Waals surface area (Å²) in [4.78, 5) is 23.8. The van der Waals surface area contributed by atoms with Gasteiger partial charge in [0.1, 0.15) is 5.82 Å². The number of carbonyl (C=O) groups excluding carboxylic acids is 1. The van der Waals surface area contributed by atoms with Crippen LogP contribution in [0.1, 0.15) is 6.42 Å². The average Bonchev–Trinajstić information content (AvgIpc) is 2.95. The Balaban J connectivity index is 1.49. The van der Waals surface area contributed by atoms with Crippen LogP contribution in [0.2, 0.25) is 0 Å². The highest BCUT2D eigenvalue weighted by atomic mass is 32.1. The molecule has 3 N–H and O–H groups in total. The van der Waals surface area contributed by atoms with Crippen molar-refractivity contribution in [3.05, 3.63) is 64.9 Å². The Kier molecular flexibility index (Phi) is 5.28. The second-order valence-electron chi connectivity index (χ2n) is 5.37. The molecule has 134 valence electrons. The first-order chi connectivity index (χ1) is 12.5. The molecule has 1 aromatic heterocycles. The Labute approximate surface area is 152 Å². The van der Waals surface area contributed by atoms with Crippen molar-refractivity contribution in [3.8, 4) is 0 Å². The van der Waals surface area contributed by atoms with Gasteiger partial charge in [0, 0.05) is 18.7 Å². The molecule has 2 aromatic carbocycles. The number of thiocarbonyl (C=S) groups is 1. The minimum absolute atomic E-state index is 0.0512. The van der Waals surface area contributed by atoms with Crippen LogP contribution in [0, 0.1) is 5.82 Å². The number of oxazole rings is 1. The molecule has 0 fully saturated rings. The second-order valence-corrected chi connectivity index (χ2v) is 5.78. The average molecular weight is 374 g/mol. The van der Waals surface area contributed by atoms with Crippen molar-refractivity contribution in [2.75, 3.05) is 5.32 Å². The van der Waals surface area contributed by atoms with Gasteiger partial charge in [-0.15, -0.1) is 0 Å².